The lowest BCUT2D eigenvalue weighted by Gasteiger charge is -2.12. The molecule has 0 amide bonds. The molecule has 1 aromatic carbocycles. The Kier molecular flexibility index (Phi) is 2.59. The van der Waals surface area contributed by atoms with Gasteiger partial charge in [0.15, 0.2) is 0 Å². The summed E-state index contributed by atoms with van der Waals surface area (Å²) in [5, 5.41) is 0. The highest BCUT2D eigenvalue weighted by Gasteiger charge is 2.14. The van der Waals surface area contributed by atoms with Gasteiger partial charge in [-0.25, -0.2) is 0 Å². The third-order valence-electron chi connectivity index (χ3n) is 2.61. The van der Waals surface area contributed by atoms with Gasteiger partial charge in [0, 0.05) is 11.6 Å². The van der Waals surface area contributed by atoms with Gasteiger partial charge in [0.1, 0.15) is 5.76 Å². The summed E-state index contributed by atoms with van der Waals surface area (Å²) >= 11 is 0. The highest BCUT2D eigenvalue weighted by molar-refractivity contribution is 5.90. The van der Waals surface area contributed by atoms with Crippen LogP contribution in [0.3, 0.4) is 0 Å². The van der Waals surface area contributed by atoms with Crippen molar-refractivity contribution in [1.29, 1.82) is 0 Å². The van der Waals surface area contributed by atoms with E-state index in [1.807, 2.05) is 0 Å². The number of rotatable bonds is 1. The minimum Gasteiger partial charge on any atom is -0.425 e. The van der Waals surface area contributed by atoms with Crippen LogP contribution in [-0.2, 0) is 0 Å². The van der Waals surface area contributed by atoms with Crippen LogP contribution in [0.5, 0.6) is 0 Å². The molecule has 0 unspecified atom stereocenters. The van der Waals surface area contributed by atoms with Gasteiger partial charge < -0.3 is 27.4 Å². The molecule has 0 aliphatic rings. The van der Waals surface area contributed by atoms with Crippen LogP contribution >= 0.6 is 0 Å². The van der Waals surface area contributed by atoms with Gasteiger partial charge in [-0.15, -0.1) is 0 Å². The second-order valence-corrected chi connectivity index (χ2v) is 3.88. The van der Waals surface area contributed by atoms with Gasteiger partial charge in [-0.1, -0.05) is 0 Å². The lowest BCUT2D eigenvalue weighted by molar-refractivity contribution is 0.564. The minimum absolute atomic E-state index is 0.208. The van der Waals surface area contributed by atoms with Gasteiger partial charge in [0.2, 0.25) is 0 Å². The minimum atomic E-state index is -0.513. The number of aromatic nitrogens is 1. The van der Waals surface area contributed by atoms with Crippen LogP contribution in [0.15, 0.2) is 21.3 Å². The molecule has 0 saturated carbocycles. The second-order valence-electron chi connectivity index (χ2n) is 3.88. The molecule has 0 bridgehead atoms. The third-order valence-corrected chi connectivity index (χ3v) is 2.61. The Hall–Kier alpha value is -2.70. The van der Waals surface area contributed by atoms with Crippen molar-refractivity contribution in [3.8, 4) is 11.3 Å². The predicted molar refractivity (Wildman–Crippen MR) is 70.6 cm³/mol. The maximum atomic E-state index is 11.3. The summed E-state index contributed by atoms with van der Waals surface area (Å²) in [6.07, 6.45) is 0. The summed E-state index contributed by atoms with van der Waals surface area (Å²) in [4.78, 5) is 14.7. The standard InChI is InChI=1S/C11H13N5O2/c1-4-2-5(9(13)10(14)8(4)12)6-3-7(17)16-11(15)18-6/h2-3H,12-14H2,1H3,(H2,15,16,17). The molecule has 0 aliphatic heterocycles. The summed E-state index contributed by atoms with van der Waals surface area (Å²) < 4.78 is 5.17. The zero-order valence-corrected chi connectivity index (χ0v) is 9.73. The molecule has 0 atom stereocenters. The zero-order valence-electron chi connectivity index (χ0n) is 9.73. The van der Waals surface area contributed by atoms with E-state index in [0.29, 0.717) is 11.3 Å². The normalized spacial score (nSPS) is 10.5. The van der Waals surface area contributed by atoms with E-state index in [-0.39, 0.29) is 23.1 Å². The fourth-order valence-corrected chi connectivity index (χ4v) is 1.63. The molecule has 1 heterocycles. The van der Waals surface area contributed by atoms with E-state index in [1.54, 1.807) is 13.0 Å². The molecular weight excluding hydrogens is 234 g/mol. The van der Waals surface area contributed by atoms with E-state index < -0.39 is 5.56 Å². The largest absolute Gasteiger partial charge is 0.425 e. The number of anilines is 4. The smallest absolute Gasteiger partial charge is 0.295 e. The quantitative estimate of drug-likeness (QED) is 0.531. The number of benzene rings is 1. The van der Waals surface area contributed by atoms with Crippen LogP contribution < -0.4 is 28.5 Å². The van der Waals surface area contributed by atoms with Gasteiger partial charge >= 0.3 is 0 Å². The molecular formula is C11H13N5O2. The number of aryl methyl sites for hydroxylation is 1. The van der Waals surface area contributed by atoms with Crippen LogP contribution in [-0.4, -0.2) is 4.98 Å². The molecule has 18 heavy (non-hydrogen) atoms. The summed E-state index contributed by atoms with van der Waals surface area (Å²) in [6, 6.07) is 2.64. The van der Waals surface area contributed by atoms with E-state index >= 15 is 0 Å². The molecule has 8 N–H and O–H groups in total. The molecule has 7 nitrogen and oxygen atoms in total. The van der Waals surface area contributed by atoms with E-state index in [1.165, 1.54) is 6.07 Å². The van der Waals surface area contributed by atoms with Crippen molar-refractivity contribution in [2.75, 3.05) is 22.9 Å². The van der Waals surface area contributed by atoms with Crippen molar-refractivity contribution < 1.29 is 4.42 Å². The first-order valence-corrected chi connectivity index (χ1v) is 5.12. The number of hydrogen-bond donors (Lipinski definition) is 4. The van der Waals surface area contributed by atoms with Crippen molar-refractivity contribution in [1.82, 2.24) is 4.98 Å². The molecule has 94 valence electrons. The molecule has 0 saturated heterocycles. The molecule has 1 aromatic heterocycles. The molecule has 0 radical (unpaired) electrons. The molecule has 2 aromatic rings. The fourth-order valence-electron chi connectivity index (χ4n) is 1.63. The van der Waals surface area contributed by atoms with Crippen molar-refractivity contribution in [3.05, 3.63) is 28.0 Å². The van der Waals surface area contributed by atoms with E-state index in [9.17, 15) is 4.79 Å². The highest BCUT2D eigenvalue weighted by Crippen LogP contribution is 2.36. The van der Waals surface area contributed by atoms with Crippen LogP contribution in [0.1, 0.15) is 5.56 Å². The van der Waals surface area contributed by atoms with E-state index in [0.717, 1.165) is 5.56 Å². The summed E-state index contributed by atoms with van der Waals surface area (Å²) in [5.74, 6) is 0.208. The number of nitrogens with zero attached hydrogens (tertiary/aromatic N) is 1. The van der Waals surface area contributed by atoms with Crippen molar-refractivity contribution in [2.45, 2.75) is 6.92 Å². The molecule has 0 aliphatic carbocycles. The first-order valence-electron chi connectivity index (χ1n) is 5.12. The third kappa shape index (κ3) is 1.81. The van der Waals surface area contributed by atoms with E-state index in [2.05, 4.69) is 4.98 Å². The van der Waals surface area contributed by atoms with Crippen LogP contribution in [0.2, 0.25) is 0 Å². The lowest BCUT2D eigenvalue weighted by atomic mass is 10.0. The Bertz CT molecular complexity index is 678. The molecule has 2 rings (SSSR count). The molecule has 0 spiro atoms. The zero-order chi connectivity index (χ0) is 13.4. The molecule has 0 fully saturated rings. The predicted octanol–water partition coefficient (Wildman–Crippen LogP) is 0.339. The van der Waals surface area contributed by atoms with Crippen LogP contribution in [0.4, 0.5) is 23.1 Å². The van der Waals surface area contributed by atoms with Crippen molar-refractivity contribution in [2.24, 2.45) is 0 Å². The number of nitrogens with two attached hydrogens (primary N) is 4. The Morgan fingerprint density at radius 1 is 1.06 bits per heavy atom. The van der Waals surface area contributed by atoms with Gasteiger partial charge in [0.05, 0.1) is 17.1 Å². The van der Waals surface area contributed by atoms with Gasteiger partial charge in [0.25, 0.3) is 11.6 Å². The Labute approximate surface area is 102 Å². The van der Waals surface area contributed by atoms with Gasteiger partial charge in [-0.3, -0.25) is 4.79 Å². The Balaban J connectivity index is 2.75. The van der Waals surface area contributed by atoms with Crippen LogP contribution in [0, 0.1) is 6.92 Å². The SMILES string of the molecule is Cc1cc(-c2cc(=O)nc(N)o2)c(N)c(N)c1N. The molecule has 7 heteroatoms. The van der Waals surface area contributed by atoms with Crippen molar-refractivity contribution >= 4 is 23.1 Å². The lowest BCUT2D eigenvalue weighted by Crippen LogP contribution is -2.09. The fraction of sp³-hybridized carbons (Fsp3) is 0.0909. The maximum absolute atomic E-state index is 11.3. The highest BCUT2D eigenvalue weighted by atomic mass is 16.4. The van der Waals surface area contributed by atoms with Gasteiger partial charge in [-0.2, -0.15) is 4.98 Å². The van der Waals surface area contributed by atoms with E-state index in [4.69, 9.17) is 27.4 Å². The average molecular weight is 247 g/mol. The number of hydrogen-bond acceptors (Lipinski definition) is 7. The summed E-state index contributed by atoms with van der Waals surface area (Å²) in [6.45, 7) is 1.78. The van der Waals surface area contributed by atoms with Gasteiger partial charge in [-0.05, 0) is 18.6 Å². The summed E-state index contributed by atoms with van der Waals surface area (Å²) in [7, 11) is 0. The topological polar surface area (TPSA) is 147 Å². The first-order chi connectivity index (χ1) is 8.40. The van der Waals surface area contributed by atoms with Crippen molar-refractivity contribution in [3.63, 3.8) is 0 Å². The maximum Gasteiger partial charge on any atom is 0.295 e. The Morgan fingerprint density at radius 3 is 2.33 bits per heavy atom. The second kappa shape index (κ2) is 3.95. The van der Waals surface area contributed by atoms with Crippen LogP contribution in [0.25, 0.3) is 11.3 Å². The Morgan fingerprint density at radius 2 is 1.72 bits per heavy atom. The number of nitrogen functional groups attached to an aromatic ring is 4. The monoisotopic (exact) mass is 247 g/mol. The average Bonchev–Trinajstić information content (AvgIpc) is 2.30. The summed E-state index contributed by atoms with van der Waals surface area (Å²) in [5.41, 5.74) is 24.4. The first kappa shape index (κ1) is 11.8.